The van der Waals surface area contributed by atoms with E-state index in [4.69, 9.17) is 9.47 Å². The zero-order chi connectivity index (χ0) is 23.0. The van der Waals surface area contributed by atoms with E-state index in [1.165, 1.54) is 0 Å². The first-order valence-electron chi connectivity index (χ1n) is 11.1. The van der Waals surface area contributed by atoms with Gasteiger partial charge in [-0.2, -0.15) is 0 Å². The third-order valence-corrected chi connectivity index (χ3v) is 7.04. The second-order valence-electron chi connectivity index (χ2n) is 7.69. The molecule has 0 bridgehead atoms. The SMILES string of the molecule is CCOc1ccc(CCNC(=O)C(c2ccccc2)N2CCS(=O)(=O)CC2)cc1OCC. The van der Waals surface area contributed by atoms with Crippen molar-refractivity contribution in [2.45, 2.75) is 26.3 Å². The van der Waals surface area contributed by atoms with E-state index in [1.54, 1.807) is 0 Å². The van der Waals surface area contributed by atoms with Crippen molar-refractivity contribution < 1.29 is 22.7 Å². The molecule has 174 valence electrons. The molecular formula is C24H32N2O5S. The third kappa shape index (κ3) is 6.46. The Morgan fingerprint density at radius 3 is 2.31 bits per heavy atom. The number of hydrogen-bond donors (Lipinski definition) is 1. The number of sulfone groups is 1. The lowest BCUT2D eigenvalue weighted by Gasteiger charge is -2.33. The fourth-order valence-corrected chi connectivity index (χ4v) is 5.06. The Hall–Kier alpha value is -2.58. The van der Waals surface area contributed by atoms with Crippen molar-refractivity contribution in [1.82, 2.24) is 10.2 Å². The highest BCUT2D eigenvalue weighted by Gasteiger charge is 2.32. The van der Waals surface area contributed by atoms with Crippen LogP contribution >= 0.6 is 0 Å². The van der Waals surface area contributed by atoms with Gasteiger partial charge < -0.3 is 14.8 Å². The van der Waals surface area contributed by atoms with E-state index < -0.39 is 15.9 Å². The molecule has 1 saturated heterocycles. The number of carbonyl (C=O) groups is 1. The first-order chi connectivity index (χ1) is 15.4. The standard InChI is InChI=1S/C24H32N2O5S/c1-3-30-21-11-10-19(18-22(21)31-4-2)12-13-25-24(27)23(20-8-6-5-7-9-20)26-14-16-32(28,29)17-15-26/h5-11,18,23H,3-4,12-17H2,1-2H3,(H,25,27). The van der Waals surface area contributed by atoms with E-state index in [2.05, 4.69) is 5.32 Å². The van der Waals surface area contributed by atoms with Crippen LogP contribution in [0.15, 0.2) is 48.5 Å². The normalized spacial score (nSPS) is 16.8. The van der Waals surface area contributed by atoms with Gasteiger partial charge in [0.2, 0.25) is 5.91 Å². The van der Waals surface area contributed by atoms with E-state index in [-0.39, 0.29) is 17.4 Å². The van der Waals surface area contributed by atoms with Crippen LogP contribution in [-0.2, 0) is 21.1 Å². The number of carbonyl (C=O) groups excluding carboxylic acids is 1. The van der Waals surface area contributed by atoms with Gasteiger partial charge in [-0.1, -0.05) is 36.4 Å². The van der Waals surface area contributed by atoms with Gasteiger partial charge >= 0.3 is 0 Å². The molecule has 1 N–H and O–H groups in total. The van der Waals surface area contributed by atoms with Crippen LogP contribution in [0, 0.1) is 0 Å². The zero-order valence-electron chi connectivity index (χ0n) is 18.7. The fourth-order valence-electron chi connectivity index (χ4n) is 3.83. The fraction of sp³-hybridized carbons (Fsp3) is 0.458. The smallest absolute Gasteiger partial charge is 0.241 e. The largest absolute Gasteiger partial charge is 0.490 e. The number of hydrogen-bond acceptors (Lipinski definition) is 6. The summed E-state index contributed by atoms with van der Waals surface area (Å²) < 4.78 is 35.0. The minimum atomic E-state index is -3.02. The molecule has 7 nitrogen and oxygen atoms in total. The molecule has 0 aliphatic carbocycles. The first-order valence-corrected chi connectivity index (χ1v) is 12.9. The molecule has 0 spiro atoms. The lowest BCUT2D eigenvalue weighted by atomic mass is 10.0. The number of ether oxygens (including phenoxy) is 2. The summed E-state index contributed by atoms with van der Waals surface area (Å²) in [7, 11) is -3.02. The van der Waals surface area contributed by atoms with Crippen molar-refractivity contribution in [3.05, 3.63) is 59.7 Å². The van der Waals surface area contributed by atoms with E-state index in [0.29, 0.717) is 50.8 Å². The van der Waals surface area contributed by atoms with Crippen molar-refractivity contribution in [3.63, 3.8) is 0 Å². The highest BCUT2D eigenvalue weighted by molar-refractivity contribution is 7.91. The lowest BCUT2D eigenvalue weighted by Crippen LogP contribution is -2.47. The topological polar surface area (TPSA) is 84.9 Å². The maximum Gasteiger partial charge on any atom is 0.241 e. The van der Waals surface area contributed by atoms with Gasteiger partial charge in [0, 0.05) is 19.6 Å². The van der Waals surface area contributed by atoms with Crippen molar-refractivity contribution in [1.29, 1.82) is 0 Å². The molecule has 2 aromatic carbocycles. The number of rotatable bonds is 10. The first kappa shape index (κ1) is 24.1. The van der Waals surface area contributed by atoms with Crippen LogP contribution in [0.25, 0.3) is 0 Å². The van der Waals surface area contributed by atoms with Crippen LogP contribution in [0.2, 0.25) is 0 Å². The Morgan fingerprint density at radius 2 is 1.66 bits per heavy atom. The summed E-state index contributed by atoms with van der Waals surface area (Å²) >= 11 is 0. The molecule has 0 saturated carbocycles. The second-order valence-corrected chi connectivity index (χ2v) is 9.99. The zero-order valence-corrected chi connectivity index (χ0v) is 19.6. The van der Waals surface area contributed by atoms with E-state index in [0.717, 1.165) is 11.1 Å². The molecule has 1 fully saturated rings. The molecule has 0 aromatic heterocycles. The van der Waals surface area contributed by atoms with Gasteiger partial charge in [-0.25, -0.2) is 8.42 Å². The summed E-state index contributed by atoms with van der Waals surface area (Å²) in [6.45, 7) is 6.14. The lowest BCUT2D eigenvalue weighted by molar-refractivity contribution is -0.126. The molecule has 1 unspecified atom stereocenters. The molecule has 3 rings (SSSR count). The van der Waals surface area contributed by atoms with Gasteiger partial charge in [0.15, 0.2) is 21.3 Å². The van der Waals surface area contributed by atoms with Crippen LogP contribution in [0.5, 0.6) is 11.5 Å². The summed E-state index contributed by atoms with van der Waals surface area (Å²) in [6, 6.07) is 14.8. The van der Waals surface area contributed by atoms with Crippen LogP contribution in [-0.4, -0.2) is 63.6 Å². The monoisotopic (exact) mass is 460 g/mol. The van der Waals surface area contributed by atoms with Crippen LogP contribution in [0.1, 0.15) is 31.0 Å². The summed E-state index contributed by atoms with van der Waals surface area (Å²) in [5.74, 6) is 1.46. The summed E-state index contributed by atoms with van der Waals surface area (Å²) in [4.78, 5) is 15.1. The Labute approximate surface area is 190 Å². The van der Waals surface area contributed by atoms with Crippen molar-refractivity contribution >= 4 is 15.7 Å². The maximum absolute atomic E-state index is 13.2. The van der Waals surface area contributed by atoms with Gasteiger partial charge in [-0.05, 0) is 43.5 Å². The average molecular weight is 461 g/mol. The molecule has 0 radical (unpaired) electrons. The van der Waals surface area contributed by atoms with E-state index >= 15 is 0 Å². The Kier molecular flexibility index (Phi) is 8.53. The van der Waals surface area contributed by atoms with Crippen molar-refractivity contribution in [3.8, 4) is 11.5 Å². The Balaban J connectivity index is 1.66. The molecule has 1 aliphatic rings. The molecule has 1 amide bonds. The quantitative estimate of drug-likeness (QED) is 0.587. The predicted molar refractivity (Wildman–Crippen MR) is 125 cm³/mol. The van der Waals surface area contributed by atoms with Gasteiger partial charge in [-0.15, -0.1) is 0 Å². The summed E-state index contributed by atoms with van der Waals surface area (Å²) in [5.41, 5.74) is 1.90. The van der Waals surface area contributed by atoms with Gasteiger partial charge in [0.05, 0.1) is 24.7 Å². The maximum atomic E-state index is 13.2. The van der Waals surface area contributed by atoms with Gasteiger partial charge in [0.25, 0.3) is 0 Å². The second kappa shape index (κ2) is 11.3. The van der Waals surface area contributed by atoms with Gasteiger partial charge in [0.1, 0.15) is 6.04 Å². The Morgan fingerprint density at radius 1 is 1.00 bits per heavy atom. The molecule has 1 heterocycles. The highest BCUT2D eigenvalue weighted by atomic mass is 32.2. The number of nitrogens with one attached hydrogen (secondary N) is 1. The van der Waals surface area contributed by atoms with Crippen molar-refractivity contribution in [2.24, 2.45) is 0 Å². The number of nitrogens with zero attached hydrogens (tertiary/aromatic N) is 1. The molecule has 2 aromatic rings. The molecule has 8 heteroatoms. The Bertz CT molecular complexity index is 981. The molecule has 32 heavy (non-hydrogen) atoms. The summed E-state index contributed by atoms with van der Waals surface area (Å²) in [5, 5.41) is 3.04. The van der Waals surface area contributed by atoms with Crippen molar-refractivity contribution in [2.75, 3.05) is 44.4 Å². The highest BCUT2D eigenvalue weighted by Crippen LogP contribution is 2.29. The number of amides is 1. The molecular weight excluding hydrogens is 428 g/mol. The third-order valence-electron chi connectivity index (χ3n) is 5.43. The van der Waals surface area contributed by atoms with Gasteiger partial charge in [-0.3, -0.25) is 9.69 Å². The predicted octanol–water partition coefficient (Wildman–Crippen LogP) is 2.61. The minimum absolute atomic E-state index is 0.0794. The van der Waals surface area contributed by atoms with Crippen LogP contribution < -0.4 is 14.8 Å². The number of benzene rings is 2. The van der Waals surface area contributed by atoms with Crippen LogP contribution in [0.4, 0.5) is 0 Å². The van der Waals surface area contributed by atoms with Crippen LogP contribution in [0.3, 0.4) is 0 Å². The summed E-state index contributed by atoms with van der Waals surface area (Å²) in [6.07, 6.45) is 0.647. The van der Waals surface area contributed by atoms with E-state index in [1.807, 2.05) is 67.3 Å². The average Bonchev–Trinajstić information content (AvgIpc) is 2.78. The molecule has 1 aliphatic heterocycles. The minimum Gasteiger partial charge on any atom is -0.490 e. The van der Waals surface area contributed by atoms with E-state index in [9.17, 15) is 13.2 Å². The molecule has 1 atom stereocenters.